The molecule has 0 saturated heterocycles. The first kappa shape index (κ1) is 10.4. The Labute approximate surface area is 90.1 Å². The van der Waals surface area contributed by atoms with Gasteiger partial charge in [-0.25, -0.2) is 0 Å². The molecule has 3 nitrogen and oxygen atoms in total. The van der Waals surface area contributed by atoms with E-state index in [0.29, 0.717) is 6.54 Å². The van der Waals surface area contributed by atoms with Crippen LogP contribution in [0, 0.1) is 0 Å². The number of aromatic nitrogens is 1. The summed E-state index contributed by atoms with van der Waals surface area (Å²) in [6.45, 7) is 0.667. The topological polar surface area (TPSA) is 34.0 Å². The van der Waals surface area contributed by atoms with E-state index in [-0.39, 0.29) is 5.56 Å². The lowest BCUT2D eigenvalue weighted by Gasteiger charge is -2.20. The number of hydrogen-bond acceptors (Lipinski definition) is 2. The fourth-order valence-electron chi connectivity index (χ4n) is 2.38. The molecule has 0 amide bonds. The van der Waals surface area contributed by atoms with Gasteiger partial charge >= 0.3 is 0 Å². The van der Waals surface area contributed by atoms with Crippen molar-refractivity contribution in [1.29, 1.82) is 0 Å². The first-order valence-electron chi connectivity index (χ1n) is 5.59. The highest BCUT2D eigenvalue weighted by Crippen LogP contribution is 2.19. The van der Waals surface area contributed by atoms with Gasteiger partial charge in [-0.1, -0.05) is 0 Å². The Hall–Kier alpha value is -1.09. The number of fused-ring (bicyclic) bond motifs is 1. The average molecular weight is 206 g/mol. The van der Waals surface area contributed by atoms with Crippen LogP contribution in [0.4, 0.5) is 0 Å². The van der Waals surface area contributed by atoms with Crippen LogP contribution in [0.3, 0.4) is 0 Å². The Bertz CT molecular complexity index is 420. The standard InChI is InChI=1S/C12H18N2O/c1-13-8-10-7-9-5-3-4-6-11(9)14(2)12(10)15/h7,13H,3-6,8H2,1-2H3. The molecule has 15 heavy (non-hydrogen) atoms. The predicted octanol–water partition coefficient (Wildman–Crippen LogP) is 0.984. The third-order valence-corrected chi connectivity index (χ3v) is 3.18. The van der Waals surface area contributed by atoms with Crippen molar-refractivity contribution in [2.24, 2.45) is 7.05 Å². The molecule has 0 bridgehead atoms. The summed E-state index contributed by atoms with van der Waals surface area (Å²) in [7, 11) is 3.77. The molecule has 0 spiro atoms. The Balaban J connectivity index is 2.53. The molecule has 0 atom stereocenters. The third kappa shape index (κ3) is 1.84. The number of rotatable bonds is 2. The Morgan fingerprint density at radius 2 is 2.13 bits per heavy atom. The molecule has 2 rings (SSSR count). The average Bonchev–Trinajstić information content (AvgIpc) is 2.26. The van der Waals surface area contributed by atoms with Crippen LogP contribution in [-0.4, -0.2) is 11.6 Å². The van der Waals surface area contributed by atoms with Gasteiger partial charge in [0, 0.05) is 24.8 Å². The summed E-state index contributed by atoms with van der Waals surface area (Å²) >= 11 is 0. The summed E-state index contributed by atoms with van der Waals surface area (Å²) in [4.78, 5) is 12.0. The van der Waals surface area contributed by atoms with E-state index in [9.17, 15) is 4.79 Å². The van der Waals surface area contributed by atoms with Gasteiger partial charge in [-0.3, -0.25) is 4.79 Å². The van der Waals surface area contributed by atoms with Crippen LogP contribution in [0.5, 0.6) is 0 Å². The molecule has 1 aromatic heterocycles. The van der Waals surface area contributed by atoms with Gasteiger partial charge in [-0.15, -0.1) is 0 Å². The third-order valence-electron chi connectivity index (χ3n) is 3.18. The van der Waals surface area contributed by atoms with Gasteiger partial charge in [0.2, 0.25) is 0 Å². The summed E-state index contributed by atoms with van der Waals surface area (Å²) < 4.78 is 1.83. The van der Waals surface area contributed by atoms with E-state index in [1.807, 2.05) is 18.7 Å². The van der Waals surface area contributed by atoms with Crippen molar-refractivity contribution in [3.8, 4) is 0 Å². The molecule has 1 N–H and O–H groups in total. The molecule has 0 aliphatic heterocycles. The molecular formula is C12H18N2O. The Morgan fingerprint density at radius 3 is 2.87 bits per heavy atom. The zero-order valence-electron chi connectivity index (χ0n) is 9.47. The minimum atomic E-state index is 0.157. The summed E-state index contributed by atoms with van der Waals surface area (Å²) in [5.74, 6) is 0. The van der Waals surface area contributed by atoms with Gasteiger partial charge in [-0.2, -0.15) is 0 Å². The molecule has 0 fully saturated rings. The number of hydrogen-bond donors (Lipinski definition) is 1. The van der Waals surface area contributed by atoms with Gasteiger partial charge < -0.3 is 9.88 Å². The predicted molar refractivity (Wildman–Crippen MR) is 61.1 cm³/mol. The van der Waals surface area contributed by atoms with E-state index in [1.54, 1.807) is 0 Å². The molecule has 0 unspecified atom stereocenters. The molecule has 1 aliphatic rings. The lowest BCUT2D eigenvalue weighted by Crippen LogP contribution is -2.29. The zero-order valence-corrected chi connectivity index (χ0v) is 9.47. The van der Waals surface area contributed by atoms with Crippen LogP contribution < -0.4 is 10.9 Å². The first-order chi connectivity index (χ1) is 7.24. The van der Waals surface area contributed by atoms with Gasteiger partial charge in [0.1, 0.15) is 0 Å². The minimum Gasteiger partial charge on any atom is -0.315 e. The number of aryl methyl sites for hydroxylation is 1. The molecule has 0 aromatic carbocycles. The lowest BCUT2D eigenvalue weighted by molar-refractivity contribution is 0.615. The van der Waals surface area contributed by atoms with Gasteiger partial charge in [0.25, 0.3) is 5.56 Å². The van der Waals surface area contributed by atoms with Crippen molar-refractivity contribution in [2.75, 3.05) is 7.05 Å². The molecule has 0 saturated carbocycles. The number of nitrogens with zero attached hydrogens (tertiary/aromatic N) is 1. The molecule has 1 aromatic rings. The fraction of sp³-hybridized carbons (Fsp3) is 0.583. The van der Waals surface area contributed by atoms with Crippen LogP contribution >= 0.6 is 0 Å². The highest BCUT2D eigenvalue weighted by molar-refractivity contribution is 5.28. The Morgan fingerprint density at radius 1 is 1.40 bits per heavy atom. The second-order valence-electron chi connectivity index (χ2n) is 4.24. The number of pyridine rings is 1. The molecule has 0 radical (unpaired) electrons. The van der Waals surface area contributed by atoms with Crippen LogP contribution in [0.2, 0.25) is 0 Å². The van der Waals surface area contributed by atoms with Crippen molar-refractivity contribution in [3.63, 3.8) is 0 Å². The van der Waals surface area contributed by atoms with Crippen LogP contribution in [-0.2, 0) is 26.4 Å². The van der Waals surface area contributed by atoms with Crippen molar-refractivity contribution >= 4 is 0 Å². The quantitative estimate of drug-likeness (QED) is 0.782. The summed E-state index contributed by atoms with van der Waals surface area (Å²) in [5.41, 5.74) is 3.66. The summed E-state index contributed by atoms with van der Waals surface area (Å²) in [6, 6.07) is 2.09. The van der Waals surface area contributed by atoms with Gasteiger partial charge in [0.15, 0.2) is 0 Å². The highest BCUT2D eigenvalue weighted by atomic mass is 16.1. The van der Waals surface area contributed by atoms with Gasteiger partial charge in [-0.05, 0) is 44.4 Å². The Kier molecular flexibility index (Phi) is 2.91. The smallest absolute Gasteiger partial charge is 0.255 e. The van der Waals surface area contributed by atoms with Gasteiger partial charge in [0.05, 0.1) is 0 Å². The van der Waals surface area contributed by atoms with E-state index in [0.717, 1.165) is 18.4 Å². The minimum absolute atomic E-state index is 0.157. The molecule has 1 heterocycles. The molecule has 1 aliphatic carbocycles. The molecular weight excluding hydrogens is 188 g/mol. The second-order valence-corrected chi connectivity index (χ2v) is 4.24. The van der Waals surface area contributed by atoms with Crippen molar-refractivity contribution in [1.82, 2.24) is 9.88 Å². The van der Waals surface area contributed by atoms with Crippen LogP contribution in [0.1, 0.15) is 29.7 Å². The van der Waals surface area contributed by atoms with E-state index >= 15 is 0 Å². The van der Waals surface area contributed by atoms with Crippen LogP contribution in [0.15, 0.2) is 10.9 Å². The van der Waals surface area contributed by atoms with Crippen LogP contribution in [0.25, 0.3) is 0 Å². The van der Waals surface area contributed by atoms with Crippen molar-refractivity contribution in [2.45, 2.75) is 32.2 Å². The lowest BCUT2D eigenvalue weighted by atomic mass is 9.94. The maximum Gasteiger partial charge on any atom is 0.255 e. The maximum atomic E-state index is 12.0. The van der Waals surface area contributed by atoms with Crippen molar-refractivity contribution < 1.29 is 0 Å². The normalized spacial score (nSPS) is 15.1. The monoisotopic (exact) mass is 206 g/mol. The fourth-order valence-corrected chi connectivity index (χ4v) is 2.38. The van der Waals surface area contributed by atoms with E-state index in [1.165, 1.54) is 24.1 Å². The summed E-state index contributed by atoms with van der Waals surface area (Å²) in [5, 5.41) is 3.05. The second kappa shape index (κ2) is 4.19. The van der Waals surface area contributed by atoms with E-state index in [4.69, 9.17) is 0 Å². The summed E-state index contributed by atoms with van der Waals surface area (Å²) in [6.07, 6.45) is 4.65. The largest absolute Gasteiger partial charge is 0.315 e. The van der Waals surface area contributed by atoms with Crippen molar-refractivity contribution in [3.05, 3.63) is 33.2 Å². The first-order valence-corrected chi connectivity index (χ1v) is 5.59. The molecule has 3 heteroatoms. The van der Waals surface area contributed by atoms with E-state index in [2.05, 4.69) is 11.4 Å². The van der Waals surface area contributed by atoms with E-state index < -0.39 is 0 Å². The molecule has 82 valence electrons. The maximum absolute atomic E-state index is 12.0. The zero-order chi connectivity index (χ0) is 10.8. The SMILES string of the molecule is CNCc1cc2c(n(C)c1=O)CCCC2. The number of nitrogens with one attached hydrogen (secondary N) is 1. The highest BCUT2D eigenvalue weighted by Gasteiger charge is 2.14.